The molecule has 1 aliphatic rings. The van der Waals surface area contributed by atoms with E-state index in [1.807, 2.05) is 6.92 Å². The zero-order valence-corrected chi connectivity index (χ0v) is 7.26. The van der Waals surface area contributed by atoms with Crippen molar-refractivity contribution in [3.05, 3.63) is 17.0 Å². The lowest BCUT2D eigenvalue weighted by Gasteiger charge is -1.90. The fourth-order valence-corrected chi connectivity index (χ4v) is 1.41. The molecule has 0 N–H and O–H groups in total. The number of hydrogen-bond donors (Lipinski definition) is 0. The van der Waals surface area contributed by atoms with Crippen LogP contribution >= 0.6 is 0 Å². The van der Waals surface area contributed by atoms with E-state index in [1.165, 1.54) is 19.8 Å². The fourth-order valence-electron chi connectivity index (χ4n) is 1.41. The summed E-state index contributed by atoms with van der Waals surface area (Å²) in [5.41, 5.74) is 1.92. The minimum Gasteiger partial charge on any atom is -0.353 e. The van der Waals surface area contributed by atoms with Crippen molar-refractivity contribution in [2.24, 2.45) is 0 Å². The Morgan fingerprint density at radius 3 is 2.67 bits per heavy atom. The van der Waals surface area contributed by atoms with E-state index in [0.717, 1.165) is 11.3 Å². The van der Waals surface area contributed by atoms with Crippen molar-refractivity contribution in [1.29, 1.82) is 0 Å². The van der Waals surface area contributed by atoms with Crippen LogP contribution in [0.15, 0.2) is 4.52 Å². The molecular weight excluding hydrogens is 154 g/mol. The van der Waals surface area contributed by atoms with Crippen LogP contribution in [0.1, 0.15) is 47.5 Å². The SMILES string of the molecule is CC(=O)c1onc(C2CC2)c1C. The lowest BCUT2D eigenvalue weighted by atomic mass is 10.1. The Labute approximate surface area is 70.7 Å². The summed E-state index contributed by atoms with van der Waals surface area (Å²) in [6.07, 6.45) is 2.37. The van der Waals surface area contributed by atoms with Crippen molar-refractivity contribution in [1.82, 2.24) is 5.16 Å². The van der Waals surface area contributed by atoms with E-state index >= 15 is 0 Å². The molecule has 2 rings (SSSR count). The van der Waals surface area contributed by atoms with Gasteiger partial charge in [-0.2, -0.15) is 0 Å². The maximum Gasteiger partial charge on any atom is 0.205 e. The summed E-state index contributed by atoms with van der Waals surface area (Å²) < 4.78 is 4.96. The maximum absolute atomic E-state index is 11.0. The van der Waals surface area contributed by atoms with E-state index < -0.39 is 0 Å². The molecule has 0 unspecified atom stereocenters. The molecule has 0 bridgehead atoms. The number of nitrogens with zero attached hydrogens (tertiary/aromatic N) is 1. The first-order valence-electron chi connectivity index (χ1n) is 4.17. The van der Waals surface area contributed by atoms with Gasteiger partial charge in [0.25, 0.3) is 0 Å². The van der Waals surface area contributed by atoms with Gasteiger partial charge in [-0.15, -0.1) is 0 Å². The van der Waals surface area contributed by atoms with E-state index in [0.29, 0.717) is 11.7 Å². The Hall–Kier alpha value is -1.12. The zero-order chi connectivity index (χ0) is 8.72. The molecular formula is C9H11NO2. The maximum atomic E-state index is 11.0. The highest BCUT2D eigenvalue weighted by atomic mass is 16.5. The summed E-state index contributed by atoms with van der Waals surface area (Å²) in [6.45, 7) is 3.41. The van der Waals surface area contributed by atoms with Crippen molar-refractivity contribution >= 4 is 5.78 Å². The van der Waals surface area contributed by atoms with Crippen molar-refractivity contribution in [2.45, 2.75) is 32.6 Å². The van der Waals surface area contributed by atoms with Gasteiger partial charge in [0.1, 0.15) is 0 Å². The Bertz CT molecular complexity index is 323. The van der Waals surface area contributed by atoms with E-state index in [9.17, 15) is 4.79 Å². The highest BCUT2D eigenvalue weighted by Gasteiger charge is 2.30. The van der Waals surface area contributed by atoms with Crippen LogP contribution in [0.25, 0.3) is 0 Å². The second-order valence-electron chi connectivity index (χ2n) is 3.35. The molecule has 0 aromatic carbocycles. The lowest BCUT2D eigenvalue weighted by molar-refractivity contribution is 0.0977. The minimum absolute atomic E-state index is 0.0353. The number of carbonyl (C=O) groups is 1. The van der Waals surface area contributed by atoms with Crippen molar-refractivity contribution < 1.29 is 9.32 Å². The molecule has 1 heterocycles. The quantitative estimate of drug-likeness (QED) is 0.630. The molecule has 1 fully saturated rings. The molecule has 1 saturated carbocycles. The normalized spacial score (nSPS) is 16.5. The van der Waals surface area contributed by atoms with E-state index in [4.69, 9.17) is 4.52 Å². The van der Waals surface area contributed by atoms with Crippen molar-refractivity contribution in [2.75, 3.05) is 0 Å². The molecule has 1 aromatic heterocycles. The Balaban J connectivity index is 2.39. The van der Waals surface area contributed by atoms with E-state index in [2.05, 4.69) is 5.16 Å². The third-order valence-electron chi connectivity index (χ3n) is 2.24. The van der Waals surface area contributed by atoms with Gasteiger partial charge in [-0.25, -0.2) is 0 Å². The molecule has 0 spiro atoms. The van der Waals surface area contributed by atoms with E-state index in [-0.39, 0.29) is 5.78 Å². The summed E-state index contributed by atoms with van der Waals surface area (Å²) in [5.74, 6) is 0.950. The average molecular weight is 165 g/mol. The summed E-state index contributed by atoms with van der Waals surface area (Å²) >= 11 is 0. The van der Waals surface area contributed by atoms with Gasteiger partial charge in [-0.3, -0.25) is 4.79 Å². The van der Waals surface area contributed by atoms with Gasteiger partial charge in [-0.05, 0) is 19.8 Å². The molecule has 0 aliphatic heterocycles. The molecule has 1 aliphatic carbocycles. The van der Waals surface area contributed by atoms with Crippen LogP contribution in [0.5, 0.6) is 0 Å². The molecule has 12 heavy (non-hydrogen) atoms. The Morgan fingerprint density at radius 1 is 1.58 bits per heavy atom. The van der Waals surface area contributed by atoms with Gasteiger partial charge in [-0.1, -0.05) is 5.16 Å². The first kappa shape index (κ1) is 7.53. The predicted octanol–water partition coefficient (Wildman–Crippen LogP) is 2.06. The van der Waals surface area contributed by atoms with E-state index in [1.54, 1.807) is 0 Å². The monoisotopic (exact) mass is 165 g/mol. The Kier molecular flexibility index (Phi) is 1.53. The average Bonchev–Trinajstić information content (AvgIpc) is 2.75. The van der Waals surface area contributed by atoms with Crippen molar-refractivity contribution in [3.63, 3.8) is 0 Å². The summed E-state index contributed by atoms with van der Waals surface area (Å²) in [7, 11) is 0. The number of ketones is 1. The molecule has 64 valence electrons. The molecule has 0 amide bonds. The largest absolute Gasteiger partial charge is 0.353 e. The van der Waals surface area contributed by atoms with Gasteiger partial charge in [0.15, 0.2) is 5.78 Å². The minimum atomic E-state index is -0.0353. The standard InChI is InChI=1S/C9H11NO2/c1-5-8(7-3-4-7)10-12-9(5)6(2)11/h7H,3-4H2,1-2H3. The van der Waals surface area contributed by atoms with Crippen LogP contribution in [0.4, 0.5) is 0 Å². The number of carbonyl (C=O) groups excluding carboxylic acids is 1. The topological polar surface area (TPSA) is 43.1 Å². The van der Waals surface area contributed by atoms with Gasteiger partial charge in [0.05, 0.1) is 5.69 Å². The molecule has 0 saturated heterocycles. The van der Waals surface area contributed by atoms with Gasteiger partial charge >= 0.3 is 0 Å². The molecule has 0 atom stereocenters. The van der Waals surface area contributed by atoms with Crippen molar-refractivity contribution in [3.8, 4) is 0 Å². The molecule has 0 radical (unpaired) electrons. The summed E-state index contributed by atoms with van der Waals surface area (Å²) in [5, 5.41) is 3.90. The smallest absolute Gasteiger partial charge is 0.205 e. The van der Waals surface area contributed by atoms with Gasteiger partial charge in [0, 0.05) is 18.4 Å². The number of rotatable bonds is 2. The third kappa shape index (κ3) is 1.05. The number of aromatic nitrogens is 1. The summed E-state index contributed by atoms with van der Waals surface area (Å²) in [4.78, 5) is 11.0. The summed E-state index contributed by atoms with van der Waals surface area (Å²) in [6, 6.07) is 0. The van der Waals surface area contributed by atoms with Crippen LogP contribution < -0.4 is 0 Å². The predicted molar refractivity (Wildman–Crippen MR) is 43.2 cm³/mol. The number of hydrogen-bond acceptors (Lipinski definition) is 3. The van der Waals surface area contributed by atoms with Crippen LogP contribution in [0.3, 0.4) is 0 Å². The molecule has 3 heteroatoms. The van der Waals surface area contributed by atoms with Crippen LogP contribution in [-0.2, 0) is 0 Å². The van der Waals surface area contributed by atoms with Gasteiger partial charge < -0.3 is 4.52 Å². The van der Waals surface area contributed by atoms with Crippen LogP contribution in [0.2, 0.25) is 0 Å². The highest BCUT2D eigenvalue weighted by molar-refractivity contribution is 5.92. The van der Waals surface area contributed by atoms with Gasteiger partial charge in [0.2, 0.25) is 5.76 Å². The Morgan fingerprint density at radius 2 is 2.25 bits per heavy atom. The third-order valence-corrected chi connectivity index (χ3v) is 2.24. The molecule has 3 nitrogen and oxygen atoms in total. The zero-order valence-electron chi connectivity index (χ0n) is 7.26. The first-order valence-corrected chi connectivity index (χ1v) is 4.17. The van der Waals surface area contributed by atoms with Crippen LogP contribution in [0, 0.1) is 6.92 Å². The molecule has 1 aromatic rings. The first-order chi connectivity index (χ1) is 5.70. The number of Topliss-reactive ketones (excluding diaryl/α,β-unsaturated/α-hetero) is 1. The highest BCUT2D eigenvalue weighted by Crippen LogP contribution is 2.41. The van der Waals surface area contributed by atoms with Crippen LogP contribution in [-0.4, -0.2) is 10.9 Å². The second-order valence-corrected chi connectivity index (χ2v) is 3.35. The lowest BCUT2D eigenvalue weighted by Crippen LogP contribution is -1.92. The fraction of sp³-hybridized carbons (Fsp3) is 0.556. The second kappa shape index (κ2) is 2.44.